The van der Waals surface area contributed by atoms with E-state index in [1.165, 1.54) is 4.90 Å². The SMILES string of the molecule is CCCN1C(=O)COC(C(=O)O)C1c1ccc(Cl)c(Cl)c1. The highest BCUT2D eigenvalue weighted by Crippen LogP contribution is 2.34. The fraction of sp³-hybridized carbons (Fsp3) is 0.429. The number of benzene rings is 1. The Morgan fingerprint density at radius 2 is 2.14 bits per heavy atom. The zero-order valence-corrected chi connectivity index (χ0v) is 12.9. The van der Waals surface area contributed by atoms with Crippen LogP contribution in [0.15, 0.2) is 18.2 Å². The lowest BCUT2D eigenvalue weighted by Gasteiger charge is -2.39. The standard InChI is InChI=1S/C14H15Cl2NO4/c1-2-5-17-11(18)7-21-13(14(19)20)12(17)8-3-4-9(15)10(16)6-8/h3-4,6,12-13H,2,5,7H2,1H3,(H,19,20). The molecular weight excluding hydrogens is 317 g/mol. The Morgan fingerprint density at radius 3 is 2.71 bits per heavy atom. The van der Waals surface area contributed by atoms with Gasteiger partial charge >= 0.3 is 5.97 Å². The maximum Gasteiger partial charge on any atom is 0.335 e. The number of ether oxygens (including phenoxy) is 1. The average Bonchev–Trinajstić information content (AvgIpc) is 2.44. The van der Waals surface area contributed by atoms with Crippen molar-refractivity contribution < 1.29 is 19.4 Å². The van der Waals surface area contributed by atoms with E-state index in [0.29, 0.717) is 22.2 Å². The summed E-state index contributed by atoms with van der Waals surface area (Å²) < 4.78 is 5.20. The van der Waals surface area contributed by atoms with E-state index in [-0.39, 0.29) is 12.5 Å². The van der Waals surface area contributed by atoms with Crippen LogP contribution in [0.25, 0.3) is 0 Å². The molecule has 1 heterocycles. The molecular formula is C14H15Cl2NO4. The largest absolute Gasteiger partial charge is 0.479 e. The smallest absolute Gasteiger partial charge is 0.335 e. The normalized spacial score (nSPS) is 22.4. The number of nitrogens with zero attached hydrogens (tertiary/aromatic N) is 1. The molecule has 1 N–H and O–H groups in total. The van der Waals surface area contributed by atoms with Gasteiger partial charge in [-0.2, -0.15) is 0 Å². The van der Waals surface area contributed by atoms with E-state index in [2.05, 4.69) is 0 Å². The first-order valence-corrected chi connectivity index (χ1v) is 7.30. The molecule has 1 fully saturated rings. The number of rotatable bonds is 4. The van der Waals surface area contributed by atoms with Crippen LogP contribution in [0.4, 0.5) is 0 Å². The minimum atomic E-state index is -1.12. The van der Waals surface area contributed by atoms with Gasteiger partial charge in [-0.1, -0.05) is 36.2 Å². The van der Waals surface area contributed by atoms with Crippen LogP contribution in [0.3, 0.4) is 0 Å². The Hall–Kier alpha value is -1.30. The molecule has 0 saturated carbocycles. The lowest BCUT2D eigenvalue weighted by Crippen LogP contribution is -2.52. The Labute approximate surface area is 132 Å². The molecule has 1 aromatic rings. The molecule has 0 radical (unpaired) electrons. The van der Waals surface area contributed by atoms with Crippen molar-refractivity contribution >= 4 is 35.1 Å². The van der Waals surface area contributed by atoms with Crippen LogP contribution >= 0.6 is 23.2 Å². The number of carbonyl (C=O) groups is 2. The highest BCUT2D eigenvalue weighted by atomic mass is 35.5. The van der Waals surface area contributed by atoms with Crippen LogP contribution in [0.2, 0.25) is 10.0 Å². The van der Waals surface area contributed by atoms with Crippen LogP contribution in [0.1, 0.15) is 24.9 Å². The van der Waals surface area contributed by atoms with Crippen molar-refractivity contribution in [2.24, 2.45) is 0 Å². The zero-order valence-electron chi connectivity index (χ0n) is 11.4. The molecule has 0 aliphatic carbocycles. The zero-order chi connectivity index (χ0) is 15.6. The third kappa shape index (κ3) is 3.31. The third-order valence-corrected chi connectivity index (χ3v) is 4.06. The van der Waals surface area contributed by atoms with E-state index < -0.39 is 18.1 Å². The van der Waals surface area contributed by atoms with Crippen molar-refractivity contribution in [1.82, 2.24) is 4.90 Å². The summed E-state index contributed by atoms with van der Waals surface area (Å²) in [7, 11) is 0. The van der Waals surface area contributed by atoms with Crippen LogP contribution in [0.5, 0.6) is 0 Å². The van der Waals surface area contributed by atoms with Crippen molar-refractivity contribution in [2.45, 2.75) is 25.5 Å². The second-order valence-corrected chi connectivity index (χ2v) is 5.59. The summed E-state index contributed by atoms with van der Waals surface area (Å²) in [6.45, 7) is 2.15. The maximum atomic E-state index is 12.0. The number of aliphatic carboxylic acids is 1. The van der Waals surface area contributed by atoms with Gasteiger partial charge in [0.2, 0.25) is 5.91 Å². The van der Waals surface area contributed by atoms with Gasteiger partial charge in [-0.3, -0.25) is 4.79 Å². The molecule has 1 saturated heterocycles. The summed E-state index contributed by atoms with van der Waals surface area (Å²) >= 11 is 11.9. The highest BCUT2D eigenvalue weighted by Gasteiger charge is 2.41. The molecule has 7 heteroatoms. The molecule has 0 bridgehead atoms. The quantitative estimate of drug-likeness (QED) is 0.921. The predicted molar refractivity (Wildman–Crippen MR) is 78.6 cm³/mol. The van der Waals surface area contributed by atoms with Gasteiger partial charge in [0.25, 0.3) is 0 Å². The summed E-state index contributed by atoms with van der Waals surface area (Å²) in [4.78, 5) is 25.0. The topological polar surface area (TPSA) is 66.8 Å². The van der Waals surface area contributed by atoms with Gasteiger partial charge in [0.15, 0.2) is 6.10 Å². The molecule has 1 aromatic carbocycles. The molecule has 114 valence electrons. The van der Waals surface area contributed by atoms with Gasteiger partial charge in [0.1, 0.15) is 6.61 Å². The van der Waals surface area contributed by atoms with E-state index in [4.69, 9.17) is 27.9 Å². The van der Waals surface area contributed by atoms with Gasteiger partial charge in [-0.05, 0) is 24.1 Å². The monoisotopic (exact) mass is 331 g/mol. The van der Waals surface area contributed by atoms with Gasteiger partial charge in [0.05, 0.1) is 16.1 Å². The van der Waals surface area contributed by atoms with Crippen molar-refractivity contribution in [2.75, 3.05) is 13.2 Å². The first kappa shape index (κ1) is 16.1. The van der Waals surface area contributed by atoms with Gasteiger partial charge < -0.3 is 14.7 Å². The van der Waals surface area contributed by atoms with Crippen LogP contribution < -0.4 is 0 Å². The Kier molecular flexibility index (Phi) is 5.08. The number of carboxylic acids is 1. The Balaban J connectivity index is 2.45. The van der Waals surface area contributed by atoms with E-state index in [1.807, 2.05) is 6.92 Å². The van der Waals surface area contributed by atoms with Gasteiger partial charge in [-0.25, -0.2) is 4.79 Å². The van der Waals surface area contributed by atoms with Crippen molar-refractivity contribution in [3.8, 4) is 0 Å². The summed E-state index contributed by atoms with van der Waals surface area (Å²) in [5.41, 5.74) is 0.596. The lowest BCUT2D eigenvalue weighted by atomic mass is 9.97. The van der Waals surface area contributed by atoms with Crippen LogP contribution in [-0.2, 0) is 14.3 Å². The van der Waals surface area contributed by atoms with Crippen molar-refractivity contribution in [3.63, 3.8) is 0 Å². The van der Waals surface area contributed by atoms with Crippen LogP contribution in [-0.4, -0.2) is 41.1 Å². The number of halogens is 2. The summed E-state index contributed by atoms with van der Waals surface area (Å²) in [6.07, 6.45) is -0.401. The summed E-state index contributed by atoms with van der Waals surface area (Å²) in [5.74, 6) is -1.34. The average molecular weight is 332 g/mol. The molecule has 2 atom stereocenters. The van der Waals surface area contributed by atoms with Crippen molar-refractivity contribution in [1.29, 1.82) is 0 Å². The third-order valence-electron chi connectivity index (χ3n) is 3.32. The molecule has 1 aliphatic rings. The van der Waals surface area contributed by atoms with Gasteiger partial charge in [0, 0.05) is 6.54 Å². The van der Waals surface area contributed by atoms with E-state index in [1.54, 1.807) is 18.2 Å². The van der Waals surface area contributed by atoms with E-state index in [0.717, 1.165) is 6.42 Å². The number of hydrogen-bond acceptors (Lipinski definition) is 3. The second-order valence-electron chi connectivity index (χ2n) is 4.78. The number of carbonyl (C=O) groups excluding carboxylic acids is 1. The number of morpholine rings is 1. The Bertz CT molecular complexity index is 564. The molecule has 2 rings (SSSR count). The number of hydrogen-bond donors (Lipinski definition) is 1. The highest BCUT2D eigenvalue weighted by molar-refractivity contribution is 6.42. The fourth-order valence-electron chi connectivity index (χ4n) is 2.42. The molecule has 0 aromatic heterocycles. The minimum absolute atomic E-state index is 0.227. The van der Waals surface area contributed by atoms with E-state index in [9.17, 15) is 14.7 Å². The second kappa shape index (κ2) is 6.64. The molecule has 21 heavy (non-hydrogen) atoms. The predicted octanol–water partition coefficient (Wildman–Crippen LogP) is 2.76. The molecule has 1 aliphatic heterocycles. The molecule has 0 spiro atoms. The minimum Gasteiger partial charge on any atom is -0.479 e. The fourth-order valence-corrected chi connectivity index (χ4v) is 2.72. The van der Waals surface area contributed by atoms with Gasteiger partial charge in [-0.15, -0.1) is 0 Å². The number of amides is 1. The van der Waals surface area contributed by atoms with Crippen LogP contribution in [0, 0.1) is 0 Å². The lowest BCUT2D eigenvalue weighted by molar-refractivity contribution is -0.173. The summed E-state index contributed by atoms with van der Waals surface area (Å²) in [5, 5.41) is 10.0. The Morgan fingerprint density at radius 1 is 1.43 bits per heavy atom. The first-order valence-electron chi connectivity index (χ1n) is 6.54. The molecule has 2 unspecified atom stereocenters. The first-order chi connectivity index (χ1) is 9.95. The molecule has 5 nitrogen and oxygen atoms in total. The summed E-state index contributed by atoms with van der Waals surface area (Å²) in [6, 6.07) is 4.12. The number of carboxylic acid groups (broad SMARTS) is 1. The van der Waals surface area contributed by atoms with Crippen molar-refractivity contribution in [3.05, 3.63) is 33.8 Å². The van der Waals surface area contributed by atoms with E-state index >= 15 is 0 Å². The molecule has 1 amide bonds. The maximum absolute atomic E-state index is 12.0.